The molecule has 0 aromatic heterocycles. The molecule has 2 bridgehead atoms. The summed E-state index contributed by atoms with van der Waals surface area (Å²) in [5, 5.41) is 19.8. The smallest absolute Gasteiger partial charge is 0.167 e. The van der Waals surface area contributed by atoms with Crippen LogP contribution in [0.15, 0.2) is 23.3 Å². The highest BCUT2D eigenvalue weighted by molar-refractivity contribution is 5.88. The third-order valence-electron chi connectivity index (χ3n) is 4.27. The van der Waals surface area contributed by atoms with Gasteiger partial charge in [0.05, 0.1) is 13.2 Å². The predicted octanol–water partition coefficient (Wildman–Crippen LogP) is 0.995. The molecule has 2 aliphatic heterocycles. The highest BCUT2D eigenvalue weighted by Gasteiger charge is 2.36. The van der Waals surface area contributed by atoms with Gasteiger partial charge in [0.25, 0.3) is 0 Å². The van der Waals surface area contributed by atoms with Gasteiger partial charge >= 0.3 is 0 Å². The molecule has 5 nitrogen and oxygen atoms in total. The highest BCUT2D eigenvalue weighted by Crippen LogP contribution is 2.31. The number of hydrogen-bond acceptors (Lipinski definition) is 5. The predicted molar refractivity (Wildman–Crippen MR) is 77.8 cm³/mol. The van der Waals surface area contributed by atoms with Crippen molar-refractivity contribution in [2.24, 2.45) is 5.41 Å². The molecule has 0 saturated carbocycles. The Morgan fingerprint density at radius 2 is 2.19 bits per heavy atom. The average Bonchev–Trinajstić information content (AvgIpc) is 2.48. The second-order valence-corrected chi connectivity index (χ2v) is 6.37. The van der Waals surface area contributed by atoms with E-state index in [1.54, 1.807) is 7.11 Å². The molecule has 3 aliphatic rings. The maximum Gasteiger partial charge on any atom is 0.167 e. The van der Waals surface area contributed by atoms with E-state index in [1.165, 1.54) is 0 Å². The minimum Gasteiger partial charge on any atom is -0.392 e. The number of ether oxygens (including phenoxy) is 2. The van der Waals surface area contributed by atoms with Gasteiger partial charge in [0.2, 0.25) is 0 Å². The van der Waals surface area contributed by atoms with E-state index < -0.39 is 11.5 Å². The molecule has 0 aromatic carbocycles. The number of allylic oxidation sites excluding steroid dienone is 1. The van der Waals surface area contributed by atoms with Crippen molar-refractivity contribution in [1.29, 1.82) is 0 Å². The molecule has 2 heterocycles. The number of carbonyl (C=O) groups is 1. The van der Waals surface area contributed by atoms with Crippen LogP contribution in [-0.2, 0) is 14.3 Å². The molecule has 0 amide bonds. The second-order valence-electron chi connectivity index (χ2n) is 6.37. The van der Waals surface area contributed by atoms with E-state index in [0.29, 0.717) is 13.0 Å². The fourth-order valence-electron chi connectivity index (χ4n) is 2.85. The van der Waals surface area contributed by atoms with E-state index in [9.17, 15) is 15.0 Å². The van der Waals surface area contributed by atoms with Crippen molar-refractivity contribution in [3.63, 3.8) is 0 Å². The molecule has 21 heavy (non-hydrogen) atoms. The lowest BCUT2D eigenvalue weighted by Gasteiger charge is -2.31. The van der Waals surface area contributed by atoms with Gasteiger partial charge in [0.15, 0.2) is 5.78 Å². The van der Waals surface area contributed by atoms with Crippen LogP contribution in [0.5, 0.6) is 0 Å². The van der Waals surface area contributed by atoms with Crippen molar-refractivity contribution in [1.82, 2.24) is 0 Å². The Balaban J connectivity index is 2.42. The molecule has 118 valence electrons. The van der Waals surface area contributed by atoms with Gasteiger partial charge in [-0.2, -0.15) is 0 Å². The van der Waals surface area contributed by atoms with Gasteiger partial charge in [-0.05, 0) is 17.6 Å². The van der Waals surface area contributed by atoms with Gasteiger partial charge in [-0.25, -0.2) is 0 Å². The molecule has 2 N–H and O–H groups in total. The number of ketones is 1. The van der Waals surface area contributed by atoms with Gasteiger partial charge < -0.3 is 19.7 Å². The summed E-state index contributed by atoms with van der Waals surface area (Å²) in [5.41, 5.74) is 0.899. The number of carbonyl (C=O) groups excluding carboxylic acids is 1. The summed E-state index contributed by atoms with van der Waals surface area (Å²) in [6.07, 6.45) is 2.76. The zero-order valence-corrected chi connectivity index (χ0v) is 12.8. The fourth-order valence-corrected chi connectivity index (χ4v) is 2.85. The van der Waals surface area contributed by atoms with Gasteiger partial charge in [0, 0.05) is 18.9 Å². The molecule has 0 saturated heterocycles. The van der Waals surface area contributed by atoms with Crippen LogP contribution in [0.1, 0.15) is 26.7 Å². The van der Waals surface area contributed by atoms with E-state index in [2.05, 4.69) is 0 Å². The standard InChI is InChI=1S/C16H24O5/c1-16(2)5-4-11(8-17)14-13(20-3)7-10(9-21-14)6-12(18)15(16)19/h4,7,12-14,17-18H,5-6,8-9H2,1-3H3/t12-,13+,14+/m0/s1. The Hall–Kier alpha value is -1.01. The quantitative estimate of drug-likeness (QED) is 0.743. The van der Waals surface area contributed by atoms with Crippen molar-refractivity contribution in [2.45, 2.75) is 45.0 Å². The summed E-state index contributed by atoms with van der Waals surface area (Å²) in [6, 6.07) is 0. The number of Topliss-reactive ketones (excluding diaryl/α,β-unsaturated/α-hetero) is 1. The van der Waals surface area contributed by atoms with E-state index >= 15 is 0 Å². The Bertz CT molecular complexity index is 463. The number of aliphatic hydroxyl groups is 2. The van der Waals surface area contributed by atoms with E-state index in [1.807, 2.05) is 26.0 Å². The van der Waals surface area contributed by atoms with Crippen LogP contribution in [0.4, 0.5) is 0 Å². The Labute approximate surface area is 125 Å². The van der Waals surface area contributed by atoms with Crippen LogP contribution < -0.4 is 0 Å². The van der Waals surface area contributed by atoms with Crippen molar-refractivity contribution >= 4 is 5.78 Å². The van der Waals surface area contributed by atoms with Gasteiger partial charge in [0.1, 0.15) is 18.3 Å². The zero-order chi connectivity index (χ0) is 15.6. The van der Waals surface area contributed by atoms with E-state index in [4.69, 9.17) is 9.47 Å². The second kappa shape index (κ2) is 6.40. The number of hydrogen-bond donors (Lipinski definition) is 2. The van der Waals surface area contributed by atoms with Crippen LogP contribution >= 0.6 is 0 Å². The number of methoxy groups -OCH3 is 1. The highest BCUT2D eigenvalue weighted by atomic mass is 16.5. The van der Waals surface area contributed by atoms with Crippen LogP contribution in [0.25, 0.3) is 0 Å². The zero-order valence-electron chi connectivity index (χ0n) is 12.8. The number of fused-ring (bicyclic) bond motifs is 7. The minimum absolute atomic E-state index is 0.138. The third kappa shape index (κ3) is 3.43. The molecule has 0 unspecified atom stereocenters. The van der Waals surface area contributed by atoms with Crippen molar-refractivity contribution in [3.05, 3.63) is 23.3 Å². The summed E-state index contributed by atoms with van der Waals surface area (Å²) in [6.45, 7) is 3.83. The SMILES string of the molecule is CO[C@@H]1C=C2CO[C@@H]1C(CO)=CCC(C)(C)C(=O)[C@@H](O)C2. The Morgan fingerprint density at radius 1 is 1.48 bits per heavy atom. The van der Waals surface area contributed by atoms with Crippen LogP contribution in [0, 0.1) is 5.41 Å². The summed E-state index contributed by atoms with van der Waals surface area (Å²) < 4.78 is 11.2. The number of rotatable bonds is 2. The maximum absolute atomic E-state index is 12.4. The van der Waals surface area contributed by atoms with Gasteiger partial charge in [-0.1, -0.05) is 26.0 Å². The Kier molecular flexibility index (Phi) is 4.99. The molecule has 5 heteroatoms. The topological polar surface area (TPSA) is 76.0 Å². The van der Waals surface area contributed by atoms with Crippen molar-refractivity contribution < 1.29 is 24.5 Å². The molecule has 0 radical (unpaired) electrons. The van der Waals surface area contributed by atoms with Crippen LogP contribution in [0.3, 0.4) is 0 Å². The first kappa shape index (κ1) is 16.4. The monoisotopic (exact) mass is 296 g/mol. The lowest BCUT2D eigenvalue weighted by Crippen LogP contribution is -2.37. The maximum atomic E-state index is 12.4. The lowest BCUT2D eigenvalue weighted by atomic mass is 9.80. The van der Waals surface area contributed by atoms with Crippen LogP contribution in [-0.4, -0.2) is 54.6 Å². The molecule has 0 fully saturated rings. The summed E-state index contributed by atoms with van der Waals surface area (Å²) in [5.74, 6) is -0.184. The molecule has 0 spiro atoms. The van der Waals surface area contributed by atoms with Crippen molar-refractivity contribution in [3.8, 4) is 0 Å². The normalized spacial score (nSPS) is 33.2. The molecule has 0 aromatic rings. The summed E-state index contributed by atoms with van der Waals surface area (Å²) in [4.78, 5) is 12.4. The number of aliphatic hydroxyl groups excluding tert-OH is 2. The molecule has 3 rings (SSSR count). The summed E-state index contributed by atoms with van der Waals surface area (Å²) in [7, 11) is 1.58. The lowest BCUT2D eigenvalue weighted by molar-refractivity contribution is -0.135. The van der Waals surface area contributed by atoms with E-state index in [0.717, 1.165) is 11.1 Å². The van der Waals surface area contributed by atoms with Crippen LogP contribution in [0.2, 0.25) is 0 Å². The molecule has 3 atom stereocenters. The largest absolute Gasteiger partial charge is 0.392 e. The first-order chi connectivity index (χ1) is 9.89. The van der Waals surface area contributed by atoms with Gasteiger partial charge in [-0.15, -0.1) is 0 Å². The average molecular weight is 296 g/mol. The fraction of sp³-hybridized carbons (Fsp3) is 0.688. The minimum atomic E-state index is -1.03. The Morgan fingerprint density at radius 3 is 2.81 bits per heavy atom. The van der Waals surface area contributed by atoms with Gasteiger partial charge in [-0.3, -0.25) is 4.79 Å². The first-order valence-corrected chi connectivity index (χ1v) is 7.25. The van der Waals surface area contributed by atoms with E-state index in [-0.39, 0.29) is 31.0 Å². The first-order valence-electron chi connectivity index (χ1n) is 7.25. The molecular weight excluding hydrogens is 272 g/mol. The van der Waals surface area contributed by atoms with Crippen molar-refractivity contribution in [2.75, 3.05) is 20.3 Å². The third-order valence-corrected chi connectivity index (χ3v) is 4.27. The molecule has 1 aliphatic carbocycles. The summed E-state index contributed by atoms with van der Waals surface area (Å²) >= 11 is 0. The molecular formula is C16H24O5.